The van der Waals surface area contributed by atoms with Crippen molar-refractivity contribution < 1.29 is 14.0 Å². The number of anilines is 1. The number of hydrogen-bond acceptors (Lipinski definition) is 3. The molecule has 0 radical (unpaired) electrons. The van der Waals surface area contributed by atoms with Crippen molar-refractivity contribution in [3.8, 4) is 0 Å². The second-order valence-electron chi connectivity index (χ2n) is 4.82. The molecule has 0 bridgehead atoms. The summed E-state index contributed by atoms with van der Waals surface area (Å²) in [5.74, 6) is -0.305. The van der Waals surface area contributed by atoms with Gasteiger partial charge >= 0.3 is 0 Å². The van der Waals surface area contributed by atoms with E-state index in [1.165, 1.54) is 6.92 Å². The molecule has 1 heterocycles. The van der Waals surface area contributed by atoms with Crippen LogP contribution in [0.3, 0.4) is 0 Å². The monoisotopic (exact) mass is 357 g/mol. The van der Waals surface area contributed by atoms with Gasteiger partial charge in [-0.25, -0.2) is 0 Å². The number of fused-ring (bicyclic) bond motifs is 1. The van der Waals surface area contributed by atoms with Gasteiger partial charge in [0.2, 0.25) is 0 Å². The molecule has 1 aromatic heterocycles. The third kappa shape index (κ3) is 2.67. The van der Waals surface area contributed by atoms with E-state index < -0.39 is 5.91 Å². The highest BCUT2D eigenvalue weighted by Gasteiger charge is 2.16. The van der Waals surface area contributed by atoms with Gasteiger partial charge in [-0.05, 0) is 47.1 Å². The van der Waals surface area contributed by atoms with E-state index in [1.54, 1.807) is 30.3 Å². The highest BCUT2D eigenvalue weighted by Crippen LogP contribution is 2.27. The molecule has 0 aliphatic rings. The zero-order valence-corrected chi connectivity index (χ0v) is 13.3. The van der Waals surface area contributed by atoms with Gasteiger partial charge in [-0.15, -0.1) is 0 Å². The van der Waals surface area contributed by atoms with Crippen LogP contribution in [0.1, 0.15) is 27.8 Å². The van der Waals surface area contributed by atoms with Crippen LogP contribution in [0.5, 0.6) is 0 Å². The first-order valence-corrected chi connectivity index (χ1v) is 7.45. The van der Waals surface area contributed by atoms with Gasteiger partial charge in [0.25, 0.3) is 5.91 Å². The highest BCUT2D eigenvalue weighted by atomic mass is 79.9. The van der Waals surface area contributed by atoms with Crippen LogP contribution in [0.25, 0.3) is 11.0 Å². The van der Waals surface area contributed by atoms with E-state index in [1.807, 2.05) is 18.2 Å². The molecule has 0 saturated heterocycles. The predicted molar refractivity (Wildman–Crippen MR) is 88.3 cm³/mol. The van der Waals surface area contributed by atoms with E-state index in [4.69, 9.17) is 4.42 Å². The Hall–Kier alpha value is -2.40. The molecule has 5 heteroatoms. The fourth-order valence-electron chi connectivity index (χ4n) is 2.22. The van der Waals surface area contributed by atoms with Gasteiger partial charge in [0.1, 0.15) is 5.58 Å². The third-order valence-electron chi connectivity index (χ3n) is 3.27. The lowest BCUT2D eigenvalue weighted by atomic mass is 10.1. The smallest absolute Gasteiger partial charge is 0.291 e. The van der Waals surface area contributed by atoms with Crippen LogP contribution < -0.4 is 5.32 Å². The number of nitrogens with one attached hydrogen (secondary N) is 1. The van der Waals surface area contributed by atoms with Crippen LogP contribution in [0.4, 0.5) is 5.69 Å². The standard InChI is InChI=1S/C17H12BrNO3/c1-10(20)12-6-2-3-8-14(12)19-17(21)15-9-11-5-4-7-13(18)16(11)22-15/h2-9H,1H3,(H,19,21). The molecule has 0 aliphatic heterocycles. The van der Waals surface area contributed by atoms with E-state index >= 15 is 0 Å². The molecule has 22 heavy (non-hydrogen) atoms. The number of rotatable bonds is 3. The molecule has 1 N–H and O–H groups in total. The number of furan rings is 1. The van der Waals surface area contributed by atoms with Crippen molar-refractivity contribution >= 4 is 44.3 Å². The topological polar surface area (TPSA) is 59.3 Å². The maximum atomic E-state index is 12.3. The summed E-state index contributed by atoms with van der Waals surface area (Å²) >= 11 is 3.39. The molecule has 3 aromatic rings. The fourth-order valence-corrected chi connectivity index (χ4v) is 2.68. The Morgan fingerprint density at radius 1 is 1.09 bits per heavy atom. The van der Waals surface area contributed by atoms with Gasteiger partial charge in [0, 0.05) is 10.9 Å². The summed E-state index contributed by atoms with van der Waals surface area (Å²) in [7, 11) is 0. The van der Waals surface area contributed by atoms with Gasteiger partial charge in [-0.1, -0.05) is 24.3 Å². The summed E-state index contributed by atoms with van der Waals surface area (Å²) in [6.07, 6.45) is 0. The minimum atomic E-state index is -0.392. The van der Waals surface area contributed by atoms with Crippen LogP contribution in [0.2, 0.25) is 0 Å². The minimum Gasteiger partial charge on any atom is -0.450 e. The zero-order chi connectivity index (χ0) is 15.7. The van der Waals surface area contributed by atoms with Crippen molar-refractivity contribution in [1.82, 2.24) is 0 Å². The Labute approximate surface area is 135 Å². The quantitative estimate of drug-likeness (QED) is 0.694. The number of benzene rings is 2. The Balaban J connectivity index is 1.94. The average Bonchev–Trinajstić information content (AvgIpc) is 2.93. The summed E-state index contributed by atoms with van der Waals surface area (Å²) < 4.78 is 6.37. The summed E-state index contributed by atoms with van der Waals surface area (Å²) in [6, 6.07) is 14.1. The lowest BCUT2D eigenvalue weighted by Crippen LogP contribution is -2.13. The first-order chi connectivity index (χ1) is 10.6. The lowest BCUT2D eigenvalue weighted by Gasteiger charge is -2.07. The van der Waals surface area contributed by atoms with Crippen molar-refractivity contribution in [2.24, 2.45) is 0 Å². The van der Waals surface area contributed by atoms with Crippen LogP contribution in [-0.2, 0) is 0 Å². The fraction of sp³-hybridized carbons (Fsp3) is 0.0588. The van der Waals surface area contributed by atoms with Gasteiger partial charge in [-0.3, -0.25) is 9.59 Å². The van der Waals surface area contributed by atoms with E-state index in [2.05, 4.69) is 21.2 Å². The van der Waals surface area contributed by atoms with Gasteiger partial charge in [-0.2, -0.15) is 0 Å². The van der Waals surface area contributed by atoms with Crippen LogP contribution in [0, 0.1) is 0 Å². The highest BCUT2D eigenvalue weighted by molar-refractivity contribution is 9.10. The minimum absolute atomic E-state index is 0.108. The molecule has 3 rings (SSSR count). The predicted octanol–water partition coefficient (Wildman–Crippen LogP) is 4.65. The molecule has 2 aromatic carbocycles. The van der Waals surface area contributed by atoms with E-state index in [0.717, 1.165) is 9.86 Å². The first kappa shape index (κ1) is 14.5. The number of amides is 1. The second-order valence-corrected chi connectivity index (χ2v) is 5.68. The van der Waals surface area contributed by atoms with Crippen molar-refractivity contribution in [1.29, 1.82) is 0 Å². The molecule has 0 saturated carbocycles. The van der Waals surface area contributed by atoms with Crippen molar-refractivity contribution in [2.75, 3.05) is 5.32 Å². The van der Waals surface area contributed by atoms with E-state index in [0.29, 0.717) is 16.8 Å². The molecule has 0 atom stereocenters. The summed E-state index contributed by atoms with van der Waals surface area (Å²) in [5, 5.41) is 3.55. The molecule has 110 valence electrons. The molecule has 0 aliphatic carbocycles. The maximum absolute atomic E-state index is 12.3. The molecule has 0 unspecified atom stereocenters. The molecule has 0 fully saturated rings. The van der Waals surface area contributed by atoms with E-state index in [9.17, 15) is 9.59 Å². The number of para-hydroxylation sites is 2. The average molecular weight is 358 g/mol. The molecule has 1 amide bonds. The van der Waals surface area contributed by atoms with Crippen LogP contribution >= 0.6 is 15.9 Å². The van der Waals surface area contributed by atoms with Crippen molar-refractivity contribution in [2.45, 2.75) is 6.92 Å². The van der Waals surface area contributed by atoms with Gasteiger partial charge < -0.3 is 9.73 Å². The summed E-state index contributed by atoms with van der Waals surface area (Å²) in [4.78, 5) is 23.9. The Bertz CT molecular complexity index is 882. The number of hydrogen-bond donors (Lipinski definition) is 1. The Kier molecular flexibility index (Phi) is 3.81. The van der Waals surface area contributed by atoms with Gasteiger partial charge in [0.15, 0.2) is 11.5 Å². The normalized spacial score (nSPS) is 10.6. The SMILES string of the molecule is CC(=O)c1ccccc1NC(=O)c1cc2cccc(Br)c2o1. The number of carbonyl (C=O) groups excluding carboxylic acids is 2. The largest absolute Gasteiger partial charge is 0.450 e. The maximum Gasteiger partial charge on any atom is 0.291 e. The number of Topliss-reactive ketones (excluding diaryl/α,β-unsaturated/α-hetero) is 1. The first-order valence-electron chi connectivity index (χ1n) is 6.65. The number of halogens is 1. The Morgan fingerprint density at radius 2 is 1.86 bits per heavy atom. The summed E-state index contributed by atoms with van der Waals surface area (Å²) in [6.45, 7) is 1.46. The number of carbonyl (C=O) groups is 2. The number of ketones is 1. The molecule has 4 nitrogen and oxygen atoms in total. The Morgan fingerprint density at radius 3 is 2.59 bits per heavy atom. The second kappa shape index (κ2) is 5.77. The third-order valence-corrected chi connectivity index (χ3v) is 3.90. The molecule has 0 spiro atoms. The van der Waals surface area contributed by atoms with Crippen molar-refractivity contribution in [3.05, 3.63) is 64.3 Å². The van der Waals surface area contributed by atoms with Crippen molar-refractivity contribution in [3.63, 3.8) is 0 Å². The molecular formula is C17H12BrNO3. The van der Waals surface area contributed by atoms with Crippen LogP contribution in [-0.4, -0.2) is 11.7 Å². The summed E-state index contributed by atoms with van der Waals surface area (Å²) in [5.41, 5.74) is 1.56. The van der Waals surface area contributed by atoms with Gasteiger partial charge in [0.05, 0.1) is 10.2 Å². The van der Waals surface area contributed by atoms with Crippen LogP contribution in [0.15, 0.2) is 57.4 Å². The lowest BCUT2D eigenvalue weighted by molar-refractivity contribution is 0.0998. The van der Waals surface area contributed by atoms with E-state index in [-0.39, 0.29) is 11.5 Å². The zero-order valence-electron chi connectivity index (χ0n) is 11.7. The molecular weight excluding hydrogens is 346 g/mol.